The van der Waals surface area contributed by atoms with Crippen molar-refractivity contribution < 1.29 is 9.53 Å². The number of hydrogen-bond donors (Lipinski definition) is 2. The van der Waals surface area contributed by atoms with Crippen LogP contribution in [0.15, 0.2) is 42.5 Å². The molecule has 0 unspecified atom stereocenters. The molecule has 112 valence electrons. The number of aromatic amines is 1. The van der Waals surface area contributed by atoms with Crippen LogP contribution in [0.5, 0.6) is 5.75 Å². The van der Waals surface area contributed by atoms with E-state index in [0.717, 1.165) is 22.4 Å². The molecule has 2 aromatic carbocycles. The van der Waals surface area contributed by atoms with Gasteiger partial charge in [-0.1, -0.05) is 17.7 Å². The first-order valence-corrected chi connectivity index (χ1v) is 7.06. The predicted octanol–water partition coefficient (Wildman–Crippen LogP) is 3.20. The summed E-state index contributed by atoms with van der Waals surface area (Å²) in [6.45, 7) is 3.88. The molecule has 0 aliphatic carbocycles. The molecule has 0 bridgehead atoms. The Balaban J connectivity index is 1.61. The summed E-state index contributed by atoms with van der Waals surface area (Å²) in [4.78, 5) is 19.4. The summed E-state index contributed by atoms with van der Waals surface area (Å²) in [7, 11) is 0. The molecule has 1 aromatic heterocycles. The largest absolute Gasteiger partial charge is 0.484 e. The highest BCUT2D eigenvalue weighted by atomic mass is 16.5. The molecule has 3 aromatic rings. The van der Waals surface area contributed by atoms with Crippen molar-refractivity contribution in [2.75, 3.05) is 11.9 Å². The number of amides is 1. The number of aryl methyl sites for hydroxylation is 2. The van der Waals surface area contributed by atoms with E-state index in [9.17, 15) is 4.79 Å². The number of hydrogen-bond acceptors (Lipinski definition) is 3. The summed E-state index contributed by atoms with van der Waals surface area (Å²) < 4.78 is 5.45. The summed E-state index contributed by atoms with van der Waals surface area (Å²) in [5, 5.41) is 2.81. The Morgan fingerprint density at radius 3 is 2.73 bits per heavy atom. The van der Waals surface area contributed by atoms with Crippen LogP contribution in [0, 0.1) is 13.8 Å². The molecule has 0 saturated carbocycles. The standard InChI is InChI=1S/C17H17N3O2/c1-11-3-6-14(7-4-11)22-10-17(21)20-13-5-8-15-16(9-13)19-12(2)18-15/h3-9H,10H2,1-2H3,(H,18,19)(H,20,21). The molecule has 5 heteroatoms. The number of nitrogens with one attached hydrogen (secondary N) is 2. The number of rotatable bonds is 4. The molecule has 0 spiro atoms. The normalized spacial score (nSPS) is 10.6. The molecule has 0 saturated heterocycles. The Morgan fingerprint density at radius 2 is 1.95 bits per heavy atom. The average Bonchev–Trinajstić information content (AvgIpc) is 2.86. The highest BCUT2D eigenvalue weighted by Gasteiger charge is 2.06. The number of ether oxygens (including phenoxy) is 1. The molecule has 0 fully saturated rings. The maximum absolute atomic E-state index is 11.9. The van der Waals surface area contributed by atoms with Crippen LogP contribution in [0.2, 0.25) is 0 Å². The minimum atomic E-state index is -0.198. The van der Waals surface area contributed by atoms with Crippen molar-refractivity contribution in [3.05, 3.63) is 53.9 Å². The molecule has 1 heterocycles. The molecule has 3 rings (SSSR count). The quantitative estimate of drug-likeness (QED) is 0.776. The minimum Gasteiger partial charge on any atom is -0.484 e. The lowest BCUT2D eigenvalue weighted by Crippen LogP contribution is -2.20. The zero-order chi connectivity index (χ0) is 15.5. The molecule has 2 N–H and O–H groups in total. The van der Waals surface area contributed by atoms with Gasteiger partial charge in [0.15, 0.2) is 6.61 Å². The van der Waals surface area contributed by atoms with Gasteiger partial charge in [-0.25, -0.2) is 4.98 Å². The number of H-pyrrole nitrogens is 1. The number of imidazole rings is 1. The molecule has 0 aliphatic rings. The van der Waals surface area contributed by atoms with E-state index >= 15 is 0 Å². The van der Waals surface area contributed by atoms with Crippen molar-refractivity contribution in [2.24, 2.45) is 0 Å². The Labute approximate surface area is 128 Å². The molecular weight excluding hydrogens is 278 g/mol. The van der Waals surface area contributed by atoms with E-state index in [0.29, 0.717) is 11.4 Å². The predicted molar refractivity (Wildman–Crippen MR) is 86.1 cm³/mol. The molecule has 5 nitrogen and oxygen atoms in total. The summed E-state index contributed by atoms with van der Waals surface area (Å²) >= 11 is 0. The maximum atomic E-state index is 11.9. The van der Waals surface area contributed by atoms with Crippen LogP contribution >= 0.6 is 0 Å². The van der Waals surface area contributed by atoms with Crippen molar-refractivity contribution in [3.63, 3.8) is 0 Å². The molecule has 0 radical (unpaired) electrons. The molecular formula is C17H17N3O2. The number of fused-ring (bicyclic) bond motifs is 1. The van der Waals surface area contributed by atoms with Crippen molar-refractivity contribution in [2.45, 2.75) is 13.8 Å². The SMILES string of the molecule is Cc1ccc(OCC(=O)Nc2ccc3nc(C)[nH]c3c2)cc1. The minimum absolute atomic E-state index is 0.0247. The fourth-order valence-corrected chi connectivity index (χ4v) is 2.20. The highest BCUT2D eigenvalue weighted by Crippen LogP contribution is 2.17. The third-order valence-corrected chi connectivity index (χ3v) is 3.27. The number of aromatic nitrogens is 2. The zero-order valence-corrected chi connectivity index (χ0v) is 12.5. The van der Waals surface area contributed by atoms with Crippen molar-refractivity contribution in [1.29, 1.82) is 0 Å². The first-order valence-electron chi connectivity index (χ1n) is 7.06. The first kappa shape index (κ1) is 14.1. The number of nitrogens with zero attached hydrogens (tertiary/aromatic N) is 1. The van der Waals surface area contributed by atoms with E-state index in [1.165, 1.54) is 0 Å². The van der Waals surface area contributed by atoms with Gasteiger partial charge in [-0.05, 0) is 44.2 Å². The van der Waals surface area contributed by atoms with Gasteiger partial charge in [-0.2, -0.15) is 0 Å². The van der Waals surface area contributed by atoms with Crippen LogP contribution < -0.4 is 10.1 Å². The summed E-state index contributed by atoms with van der Waals surface area (Å²) in [6.07, 6.45) is 0. The number of carbonyl (C=O) groups excluding carboxylic acids is 1. The van der Waals surface area contributed by atoms with E-state index in [1.54, 1.807) is 0 Å². The van der Waals surface area contributed by atoms with E-state index in [-0.39, 0.29) is 12.5 Å². The second-order valence-electron chi connectivity index (χ2n) is 5.20. The topological polar surface area (TPSA) is 67.0 Å². The van der Waals surface area contributed by atoms with Gasteiger partial charge in [0.05, 0.1) is 11.0 Å². The Hall–Kier alpha value is -2.82. The van der Waals surface area contributed by atoms with Gasteiger partial charge in [0, 0.05) is 5.69 Å². The molecule has 1 amide bonds. The second kappa shape index (κ2) is 5.89. The Morgan fingerprint density at radius 1 is 1.18 bits per heavy atom. The lowest BCUT2D eigenvalue weighted by atomic mass is 10.2. The van der Waals surface area contributed by atoms with Gasteiger partial charge in [-0.3, -0.25) is 4.79 Å². The van der Waals surface area contributed by atoms with Crippen LogP contribution in [0.1, 0.15) is 11.4 Å². The monoisotopic (exact) mass is 295 g/mol. The Kier molecular flexibility index (Phi) is 3.78. The Bertz CT molecular complexity index is 806. The highest BCUT2D eigenvalue weighted by molar-refractivity contribution is 5.94. The van der Waals surface area contributed by atoms with Gasteiger partial charge >= 0.3 is 0 Å². The zero-order valence-electron chi connectivity index (χ0n) is 12.5. The number of carbonyl (C=O) groups is 1. The fraction of sp³-hybridized carbons (Fsp3) is 0.176. The first-order chi connectivity index (χ1) is 10.6. The van der Waals surface area contributed by atoms with E-state index < -0.39 is 0 Å². The molecule has 0 aliphatic heterocycles. The fourth-order valence-electron chi connectivity index (χ4n) is 2.20. The average molecular weight is 295 g/mol. The van der Waals surface area contributed by atoms with E-state index in [2.05, 4.69) is 15.3 Å². The maximum Gasteiger partial charge on any atom is 0.262 e. The summed E-state index contributed by atoms with van der Waals surface area (Å²) in [5.41, 5.74) is 3.65. The smallest absolute Gasteiger partial charge is 0.262 e. The number of benzene rings is 2. The summed E-state index contributed by atoms with van der Waals surface area (Å²) in [5.74, 6) is 1.33. The number of anilines is 1. The lowest BCUT2D eigenvalue weighted by molar-refractivity contribution is -0.118. The summed E-state index contributed by atoms with van der Waals surface area (Å²) in [6, 6.07) is 13.1. The van der Waals surface area contributed by atoms with Crippen LogP contribution in [-0.2, 0) is 4.79 Å². The van der Waals surface area contributed by atoms with Gasteiger partial charge < -0.3 is 15.0 Å². The van der Waals surface area contributed by atoms with Crippen LogP contribution in [0.25, 0.3) is 11.0 Å². The van der Waals surface area contributed by atoms with Crippen molar-refractivity contribution >= 4 is 22.6 Å². The van der Waals surface area contributed by atoms with Crippen molar-refractivity contribution in [1.82, 2.24) is 9.97 Å². The second-order valence-corrected chi connectivity index (χ2v) is 5.20. The van der Waals surface area contributed by atoms with Crippen LogP contribution in [-0.4, -0.2) is 22.5 Å². The van der Waals surface area contributed by atoms with Crippen molar-refractivity contribution in [3.8, 4) is 5.75 Å². The third kappa shape index (κ3) is 3.25. The van der Waals surface area contributed by atoms with E-state index in [1.807, 2.05) is 56.3 Å². The van der Waals surface area contributed by atoms with Crippen LogP contribution in [0.4, 0.5) is 5.69 Å². The van der Waals surface area contributed by atoms with E-state index in [4.69, 9.17) is 4.74 Å². The van der Waals surface area contributed by atoms with Gasteiger partial charge in [0.2, 0.25) is 0 Å². The lowest BCUT2D eigenvalue weighted by Gasteiger charge is -2.07. The third-order valence-electron chi connectivity index (χ3n) is 3.27. The molecule has 22 heavy (non-hydrogen) atoms. The van der Waals surface area contributed by atoms with Gasteiger partial charge in [-0.15, -0.1) is 0 Å². The molecule has 0 atom stereocenters. The van der Waals surface area contributed by atoms with Crippen LogP contribution in [0.3, 0.4) is 0 Å². The van der Waals surface area contributed by atoms with Gasteiger partial charge in [0.1, 0.15) is 11.6 Å². The van der Waals surface area contributed by atoms with Gasteiger partial charge in [0.25, 0.3) is 5.91 Å².